The van der Waals surface area contributed by atoms with E-state index in [0.717, 1.165) is 17.1 Å². The number of hydrogen-bond donors (Lipinski definition) is 1. The van der Waals surface area contributed by atoms with E-state index in [2.05, 4.69) is 5.16 Å². The van der Waals surface area contributed by atoms with Gasteiger partial charge in [-0.3, -0.25) is 0 Å². The van der Waals surface area contributed by atoms with Crippen molar-refractivity contribution in [3.05, 3.63) is 54.1 Å². The zero-order valence-corrected chi connectivity index (χ0v) is 11.7. The van der Waals surface area contributed by atoms with Gasteiger partial charge in [0.15, 0.2) is 0 Å². The lowest BCUT2D eigenvalue weighted by Crippen LogP contribution is -2.09. The third kappa shape index (κ3) is 4.72. The molecule has 0 atom stereocenters. The Morgan fingerprint density at radius 2 is 1.57 bits per heavy atom. The number of rotatable bonds is 7. The van der Waals surface area contributed by atoms with E-state index in [1.807, 2.05) is 42.5 Å². The second-order valence-corrected chi connectivity index (χ2v) is 4.19. The van der Waals surface area contributed by atoms with Gasteiger partial charge in [0.1, 0.15) is 30.5 Å². The minimum absolute atomic E-state index is 0.414. The SMILES string of the molecule is COc1cccc(OCCOc2cccc(C=NO)c2)c1. The molecule has 2 aromatic carbocycles. The second kappa shape index (κ2) is 7.79. The molecule has 1 N–H and O–H groups in total. The monoisotopic (exact) mass is 287 g/mol. The molecule has 110 valence electrons. The highest BCUT2D eigenvalue weighted by Gasteiger charge is 1.98. The Morgan fingerprint density at radius 1 is 0.952 bits per heavy atom. The molecule has 0 radical (unpaired) electrons. The lowest BCUT2D eigenvalue weighted by molar-refractivity contribution is 0.216. The van der Waals surface area contributed by atoms with E-state index in [0.29, 0.717) is 19.0 Å². The first kappa shape index (κ1) is 14.7. The Bertz CT molecular complexity index is 598. The third-order valence-corrected chi connectivity index (χ3v) is 2.73. The van der Waals surface area contributed by atoms with E-state index in [-0.39, 0.29) is 0 Å². The quantitative estimate of drug-likeness (QED) is 0.368. The molecule has 2 aromatic rings. The fourth-order valence-corrected chi connectivity index (χ4v) is 1.76. The summed E-state index contributed by atoms with van der Waals surface area (Å²) in [4.78, 5) is 0. The number of methoxy groups -OCH3 is 1. The van der Waals surface area contributed by atoms with Gasteiger partial charge in [0.05, 0.1) is 13.3 Å². The molecular formula is C16H17NO4. The van der Waals surface area contributed by atoms with Crippen LogP contribution in [0.15, 0.2) is 53.7 Å². The summed E-state index contributed by atoms with van der Waals surface area (Å²) in [7, 11) is 1.62. The standard InChI is InChI=1S/C16H17NO4/c1-19-14-5-3-7-16(11-14)21-9-8-20-15-6-2-4-13(10-15)12-17-18/h2-7,10-12,18H,8-9H2,1H3. The van der Waals surface area contributed by atoms with Crippen LogP contribution in [0.5, 0.6) is 17.2 Å². The molecule has 0 aliphatic carbocycles. The Morgan fingerprint density at radius 3 is 2.24 bits per heavy atom. The van der Waals surface area contributed by atoms with Crippen LogP contribution in [0.2, 0.25) is 0 Å². The number of benzene rings is 2. The van der Waals surface area contributed by atoms with Crippen LogP contribution in [-0.4, -0.2) is 31.7 Å². The lowest BCUT2D eigenvalue weighted by atomic mass is 10.2. The van der Waals surface area contributed by atoms with E-state index in [9.17, 15) is 0 Å². The Kier molecular flexibility index (Phi) is 5.46. The van der Waals surface area contributed by atoms with Crippen LogP contribution in [0.25, 0.3) is 0 Å². The molecular weight excluding hydrogens is 270 g/mol. The molecule has 0 unspecified atom stereocenters. The van der Waals surface area contributed by atoms with Crippen molar-refractivity contribution < 1.29 is 19.4 Å². The Balaban J connectivity index is 1.80. The summed E-state index contributed by atoms with van der Waals surface area (Å²) in [6.07, 6.45) is 1.35. The highest BCUT2D eigenvalue weighted by atomic mass is 16.5. The molecule has 5 heteroatoms. The van der Waals surface area contributed by atoms with Gasteiger partial charge in [-0.2, -0.15) is 0 Å². The first-order chi connectivity index (χ1) is 10.3. The van der Waals surface area contributed by atoms with Crippen molar-refractivity contribution in [3.63, 3.8) is 0 Å². The van der Waals surface area contributed by atoms with Crippen LogP contribution < -0.4 is 14.2 Å². The summed E-state index contributed by atoms with van der Waals surface area (Å²) in [5, 5.41) is 11.5. The largest absolute Gasteiger partial charge is 0.497 e. The number of hydrogen-bond acceptors (Lipinski definition) is 5. The third-order valence-electron chi connectivity index (χ3n) is 2.73. The van der Waals surface area contributed by atoms with Crippen molar-refractivity contribution in [1.29, 1.82) is 0 Å². The molecule has 0 bridgehead atoms. The molecule has 5 nitrogen and oxygen atoms in total. The fraction of sp³-hybridized carbons (Fsp3) is 0.188. The predicted molar refractivity (Wildman–Crippen MR) is 79.8 cm³/mol. The molecule has 2 rings (SSSR count). The molecule has 0 aromatic heterocycles. The maximum atomic E-state index is 8.49. The summed E-state index contributed by atoms with van der Waals surface area (Å²) >= 11 is 0. The van der Waals surface area contributed by atoms with Gasteiger partial charge in [0.25, 0.3) is 0 Å². The summed E-state index contributed by atoms with van der Waals surface area (Å²) < 4.78 is 16.3. The van der Waals surface area contributed by atoms with Gasteiger partial charge in [-0.25, -0.2) is 0 Å². The minimum Gasteiger partial charge on any atom is -0.497 e. The van der Waals surface area contributed by atoms with E-state index in [1.54, 1.807) is 13.2 Å². The lowest BCUT2D eigenvalue weighted by Gasteiger charge is -2.09. The number of oxime groups is 1. The van der Waals surface area contributed by atoms with Crippen LogP contribution in [0.4, 0.5) is 0 Å². The normalized spacial score (nSPS) is 10.5. The van der Waals surface area contributed by atoms with Crippen molar-refractivity contribution in [2.75, 3.05) is 20.3 Å². The zero-order valence-electron chi connectivity index (χ0n) is 11.7. The smallest absolute Gasteiger partial charge is 0.123 e. The van der Waals surface area contributed by atoms with Crippen molar-refractivity contribution >= 4 is 6.21 Å². The average Bonchev–Trinajstić information content (AvgIpc) is 2.52. The van der Waals surface area contributed by atoms with E-state index in [4.69, 9.17) is 19.4 Å². The van der Waals surface area contributed by atoms with Gasteiger partial charge in [0.2, 0.25) is 0 Å². The van der Waals surface area contributed by atoms with Gasteiger partial charge >= 0.3 is 0 Å². The predicted octanol–water partition coefficient (Wildman–Crippen LogP) is 2.96. The van der Waals surface area contributed by atoms with Gasteiger partial charge in [0, 0.05) is 6.07 Å². The van der Waals surface area contributed by atoms with Crippen LogP contribution in [-0.2, 0) is 0 Å². The highest BCUT2D eigenvalue weighted by Crippen LogP contribution is 2.18. The summed E-state index contributed by atoms with van der Waals surface area (Å²) in [5.74, 6) is 2.19. The topological polar surface area (TPSA) is 60.3 Å². The maximum absolute atomic E-state index is 8.49. The number of ether oxygens (including phenoxy) is 3. The summed E-state index contributed by atoms with van der Waals surface area (Å²) in [6.45, 7) is 0.836. The van der Waals surface area contributed by atoms with Gasteiger partial charge < -0.3 is 19.4 Å². The van der Waals surface area contributed by atoms with Gasteiger partial charge in [-0.05, 0) is 29.8 Å². The van der Waals surface area contributed by atoms with Crippen LogP contribution in [0.3, 0.4) is 0 Å². The molecule has 0 spiro atoms. The zero-order chi connectivity index (χ0) is 14.9. The number of nitrogens with zero attached hydrogens (tertiary/aromatic N) is 1. The summed E-state index contributed by atoms with van der Waals surface area (Å²) in [6, 6.07) is 14.7. The van der Waals surface area contributed by atoms with E-state index >= 15 is 0 Å². The van der Waals surface area contributed by atoms with Gasteiger partial charge in [-0.1, -0.05) is 23.4 Å². The van der Waals surface area contributed by atoms with Crippen LogP contribution in [0.1, 0.15) is 5.56 Å². The maximum Gasteiger partial charge on any atom is 0.123 e. The first-order valence-corrected chi connectivity index (χ1v) is 6.49. The van der Waals surface area contributed by atoms with Gasteiger partial charge in [-0.15, -0.1) is 0 Å². The fourth-order valence-electron chi connectivity index (χ4n) is 1.76. The van der Waals surface area contributed by atoms with Crippen molar-refractivity contribution in [2.24, 2.45) is 5.16 Å². The van der Waals surface area contributed by atoms with Crippen molar-refractivity contribution in [3.8, 4) is 17.2 Å². The Labute approximate surface area is 123 Å². The van der Waals surface area contributed by atoms with E-state index in [1.165, 1.54) is 6.21 Å². The molecule has 0 amide bonds. The Hall–Kier alpha value is -2.69. The first-order valence-electron chi connectivity index (χ1n) is 6.49. The molecule has 21 heavy (non-hydrogen) atoms. The van der Waals surface area contributed by atoms with Crippen LogP contribution >= 0.6 is 0 Å². The molecule has 0 aliphatic rings. The van der Waals surface area contributed by atoms with Crippen molar-refractivity contribution in [2.45, 2.75) is 0 Å². The highest BCUT2D eigenvalue weighted by molar-refractivity contribution is 5.79. The molecule has 0 aliphatic heterocycles. The van der Waals surface area contributed by atoms with Crippen LogP contribution in [0, 0.1) is 0 Å². The molecule has 0 saturated carbocycles. The summed E-state index contributed by atoms with van der Waals surface area (Å²) in [5.41, 5.74) is 0.767. The average molecular weight is 287 g/mol. The molecule has 0 fully saturated rings. The second-order valence-electron chi connectivity index (χ2n) is 4.19. The minimum atomic E-state index is 0.414. The van der Waals surface area contributed by atoms with Crippen molar-refractivity contribution in [1.82, 2.24) is 0 Å². The molecule has 0 saturated heterocycles. The molecule has 0 heterocycles. The van der Waals surface area contributed by atoms with E-state index < -0.39 is 0 Å².